The van der Waals surface area contributed by atoms with Crippen molar-refractivity contribution in [3.63, 3.8) is 0 Å². The Balaban J connectivity index is 0. The van der Waals surface area contributed by atoms with Crippen molar-refractivity contribution in [3.8, 4) is 0 Å². The topological polar surface area (TPSA) is 0 Å². The number of hydrogen-bond acceptors (Lipinski definition) is 0. The third-order valence-corrected chi connectivity index (χ3v) is 0. The minimum Gasteiger partial charge on any atom is 0 e. The van der Waals surface area contributed by atoms with Crippen LogP contribution < -0.4 is 0 Å². The van der Waals surface area contributed by atoms with Gasteiger partial charge in [-0.1, -0.05) is 0 Å². The first-order valence-electron chi connectivity index (χ1n) is 0.704. The van der Waals surface area contributed by atoms with Gasteiger partial charge in [0.25, 0.3) is 0 Å². The monoisotopic (exact) mass is 503 g/mol. The zero-order valence-corrected chi connectivity index (χ0v) is 11.0. The van der Waals surface area contributed by atoms with Gasteiger partial charge in [0.2, 0.25) is 0 Å². The van der Waals surface area contributed by atoms with Gasteiger partial charge < -0.3 is 0 Å². The van der Waals surface area contributed by atoms with Crippen LogP contribution in [0.15, 0.2) is 0 Å². The number of hydrogen-bond donors (Lipinski definition) is 0. The molecule has 0 aliphatic rings. The van der Waals surface area contributed by atoms with Crippen LogP contribution in [0.2, 0.25) is 4.94 Å². The van der Waals surface area contributed by atoms with Gasteiger partial charge >= 0.3 is 37.8 Å². The quantitative estimate of drug-likeness (QED) is 0.417. The van der Waals surface area contributed by atoms with E-state index in [1.165, 1.54) is 0 Å². The normalized spacial score (nSPS) is 3.25. The van der Waals surface area contributed by atoms with Crippen molar-refractivity contribution < 1.29 is 36.6 Å². The molecule has 0 bridgehead atoms. The molecule has 0 spiro atoms. The second-order valence-electron chi connectivity index (χ2n) is 0.204. The van der Waals surface area contributed by atoms with Crippen LogP contribution in [0, 0.1) is 0 Å². The molecule has 0 saturated heterocycles. The second-order valence-corrected chi connectivity index (χ2v) is 11.2. The van der Waals surface area contributed by atoms with E-state index in [9.17, 15) is 0 Å². The standard InChI is InChI=1S/CH3.Sn.2W/h1H3;;;. The minimum atomic E-state index is 0. The number of rotatable bonds is 0. The summed E-state index contributed by atoms with van der Waals surface area (Å²) in [6, 6.07) is 0. The molecule has 0 aliphatic carbocycles. The van der Waals surface area contributed by atoms with E-state index in [1.807, 2.05) is 15.5 Å². The van der Waals surface area contributed by atoms with E-state index in [-0.39, 0.29) is 21.1 Å². The van der Waals surface area contributed by atoms with Gasteiger partial charge in [0.15, 0.2) is 0 Å². The largest absolute Gasteiger partial charge is 0 e. The van der Waals surface area contributed by atoms with E-state index in [4.69, 9.17) is 0 Å². The fraction of sp³-hybridized carbons (Fsp3) is 1.00. The van der Waals surface area contributed by atoms with Crippen LogP contribution in [-0.4, -0.2) is 17.3 Å². The Morgan fingerprint density at radius 3 is 1.75 bits per heavy atom. The maximum absolute atomic E-state index is 2.33. The van der Waals surface area contributed by atoms with Gasteiger partial charge in [-0.3, -0.25) is 0 Å². The first-order valence-corrected chi connectivity index (χ1v) is 14.6. The van der Waals surface area contributed by atoms with E-state index < -0.39 is 0 Å². The molecule has 0 heterocycles. The van der Waals surface area contributed by atoms with Crippen molar-refractivity contribution in [3.05, 3.63) is 0 Å². The average molecular weight is 501 g/mol. The minimum absolute atomic E-state index is 0. The summed E-state index contributed by atoms with van der Waals surface area (Å²) in [5, 5.41) is 0. The molecule has 0 saturated carbocycles. The summed E-state index contributed by atoms with van der Waals surface area (Å²) in [4.78, 5) is 2.33. The predicted molar refractivity (Wildman–Crippen MR) is 11.6 cm³/mol. The maximum Gasteiger partial charge on any atom is 0 e. The molecule has 4 heavy (non-hydrogen) atoms. The van der Waals surface area contributed by atoms with Crippen LogP contribution in [0.25, 0.3) is 0 Å². The average Bonchev–Trinajstić information content (AvgIpc) is 0.918. The summed E-state index contributed by atoms with van der Waals surface area (Å²) in [5.41, 5.74) is 0. The van der Waals surface area contributed by atoms with E-state index in [1.54, 1.807) is 0 Å². The fourth-order valence-corrected chi connectivity index (χ4v) is 0. The van der Waals surface area contributed by atoms with Gasteiger partial charge in [0.05, 0.1) is 0 Å². The summed E-state index contributed by atoms with van der Waals surface area (Å²) in [7, 11) is 0. The van der Waals surface area contributed by atoms with E-state index in [2.05, 4.69) is 4.94 Å². The summed E-state index contributed by atoms with van der Waals surface area (Å²) >= 11 is 2.15. The van der Waals surface area contributed by atoms with E-state index in [0.717, 1.165) is 0 Å². The molecule has 0 aliphatic heterocycles. The summed E-state index contributed by atoms with van der Waals surface area (Å²) in [6.07, 6.45) is 0. The van der Waals surface area contributed by atoms with Crippen LogP contribution in [0.3, 0.4) is 0 Å². The van der Waals surface area contributed by atoms with Crippen molar-refractivity contribution in [2.45, 2.75) is 4.94 Å². The maximum atomic E-state index is 2.33. The fourth-order valence-electron chi connectivity index (χ4n) is 0. The van der Waals surface area contributed by atoms with Gasteiger partial charge in [-0.15, -0.1) is 0 Å². The van der Waals surface area contributed by atoms with Crippen LogP contribution >= 0.6 is 0 Å². The Morgan fingerprint density at radius 2 is 1.75 bits per heavy atom. The molecule has 0 atom stereocenters. The van der Waals surface area contributed by atoms with E-state index >= 15 is 0 Å². The molecule has 0 N–H and O–H groups in total. The van der Waals surface area contributed by atoms with Crippen LogP contribution in [0.4, 0.5) is 0 Å². The van der Waals surface area contributed by atoms with Crippen LogP contribution in [0.5, 0.6) is 0 Å². The molecule has 0 fully saturated rings. The summed E-state index contributed by atoms with van der Waals surface area (Å²) < 4.78 is 0. The molecule has 0 rings (SSSR count). The molecule has 3 heteroatoms. The molecule has 0 aromatic carbocycles. The third-order valence-electron chi connectivity index (χ3n) is 0. The first-order chi connectivity index (χ1) is 1.41. The van der Waals surface area contributed by atoms with E-state index in [0.29, 0.717) is 17.3 Å². The van der Waals surface area contributed by atoms with Crippen molar-refractivity contribution in [2.24, 2.45) is 0 Å². The van der Waals surface area contributed by atoms with Crippen molar-refractivity contribution in [2.75, 3.05) is 0 Å². The van der Waals surface area contributed by atoms with Gasteiger partial charge in [-0.2, -0.15) is 0 Å². The Kier molecular flexibility index (Phi) is 21.2. The Bertz CT molecular complexity index is 13.5. The molecule has 0 unspecified atom stereocenters. The SMILES string of the molecule is [CH3][Sn]=[W].[W]. The summed E-state index contributed by atoms with van der Waals surface area (Å²) in [6.45, 7) is 0. The van der Waals surface area contributed by atoms with Crippen molar-refractivity contribution in [1.82, 2.24) is 0 Å². The molecule has 0 aromatic rings. The van der Waals surface area contributed by atoms with Gasteiger partial charge in [-0.05, 0) is 0 Å². The predicted octanol–water partition coefficient (Wildman–Crippen LogP) is 0.198. The van der Waals surface area contributed by atoms with Crippen LogP contribution in [0.1, 0.15) is 0 Å². The zero-order valence-electron chi connectivity index (χ0n) is 2.32. The molecule has 0 nitrogen and oxygen atoms in total. The smallest absolute Gasteiger partial charge is 0 e. The van der Waals surface area contributed by atoms with Gasteiger partial charge in [0, 0.05) is 21.1 Å². The van der Waals surface area contributed by atoms with Crippen molar-refractivity contribution >= 4 is 17.3 Å². The Hall–Kier alpha value is 2.18. The van der Waals surface area contributed by atoms with Crippen molar-refractivity contribution in [1.29, 1.82) is 0 Å². The second kappa shape index (κ2) is 8.95. The third kappa shape index (κ3) is 8.90. The molecule has 0 aromatic heterocycles. The molecular formula is CH3SnW2. The first kappa shape index (κ1) is 9.49. The summed E-state index contributed by atoms with van der Waals surface area (Å²) in [5.74, 6) is 0. The molecule has 1 radical (unpaired) electrons. The van der Waals surface area contributed by atoms with Crippen LogP contribution in [-0.2, 0) is 36.6 Å². The van der Waals surface area contributed by atoms with Gasteiger partial charge in [0.1, 0.15) is 0 Å². The zero-order chi connectivity index (χ0) is 2.71. The van der Waals surface area contributed by atoms with Gasteiger partial charge in [-0.25, -0.2) is 0 Å². The molecular weight excluding hydrogens is 498 g/mol. The molecule has 0 amide bonds. The Morgan fingerprint density at radius 1 is 1.75 bits per heavy atom. The molecule has 23 valence electrons. The Labute approximate surface area is 58.0 Å².